The molecular formula is C14H18Cl2N2O2. The Morgan fingerprint density at radius 3 is 2.95 bits per heavy atom. The van der Waals surface area contributed by atoms with E-state index in [9.17, 15) is 4.79 Å². The number of nitrogens with one attached hydrogen (secondary N) is 2. The number of benzene rings is 1. The summed E-state index contributed by atoms with van der Waals surface area (Å²) in [5.41, 5.74) is 0. The van der Waals surface area contributed by atoms with E-state index in [2.05, 4.69) is 17.6 Å². The number of amides is 1. The van der Waals surface area contributed by atoms with E-state index < -0.39 is 0 Å². The van der Waals surface area contributed by atoms with Gasteiger partial charge in [0, 0.05) is 12.1 Å². The number of rotatable bonds is 4. The molecule has 0 spiro atoms. The van der Waals surface area contributed by atoms with Gasteiger partial charge in [-0.25, -0.2) is 0 Å². The molecule has 1 aliphatic rings. The van der Waals surface area contributed by atoms with Gasteiger partial charge in [-0.3, -0.25) is 4.79 Å². The van der Waals surface area contributed by atoms with Crippen molar-refractivity contribution in [3.63, 3.8) is 0 Å². The van der Waals surface area contributed by atoms with E-state index in [1.807, 2.05) is 0 Å². The third kappa shape index (κ3) is 4.27. The summed E-state index contributed by atoms with van der Waals surface area (Å²) < 4.78 is 5.41. The van der Waals surface area contributed by atoms with Crippen LogP contribution in [-0.2, 0) is 4.79 Å². The van der Waals surface area contributed by atoms with Crippen LogP contribution in [0.4, 0.5) is 0 Å². The average molecular weight is 317 g/mol. The maximum Gasteiger partial charge on any atom is 0.258 e. The average Bonchev–Trinajstić information content (AvgIpc) is 2.43. The molecule has 0 aliphatic carbocycles. The second-order valence-corrected chi connectivity index (χ2v) is 5.82. The highest BCUT2D eigenvalue weighted by atomic mass is 35.5. The van der Waals surface area contributed by atoms with Crippen molar-refractivity contribution in [3.05, 3.63) is 28.2 Å². The summed E-state index contributed by atoms with van der Waals surface area (Å²) in [6.07, 6.45) is 0.944. The van der Waals surface area contributed by atoms with E-state index in [0.717, 1.165) is 19.5 Å². The Hall–Kier alpha value is -0.970. The molecule has 1 aromatic rings. The molecule has 2 N–H and O–H groups in total. The Labute approximate surface area is 128 Å². The number of piperidine rings is 1. The SMILES string of the molecule is CC1CNCCC1NC(=O)COc1ccc(Cl)c(Cl)c1. The summed E-state index contributed by atoms with van der Waals surface area (Å²) >= 11 is 11.7. The van der Waals surface area contributed by atoms with Crippen LogP contribution in [-0.4, -0.2) is 31.6 Å². The molecule has 1 aromatic carbocycles. The maximum absolute atomic E-state index is 11.9. The lowest BCUT2D eigenvalue weighted by atomic mass is 9.95. The summed E-state index contributed by atoms with van der Waals surface area (Å²) in [6.45, 7) is 3.97. The molecule has 1 fully saturated rings. The predicted molar refractivity (Wildman–Crippen MR) is 80.5 cm³/mol. The normalized spacial score (nSPS) is 22.4. The van der Waals surface area contributed by atoms with Crippen molar-refractivity contribution in [2.75, 3.05) is 19.7 Å². The molecule has 1 amide bonds. The third-order valence-electron chi connectivity index (χ3n) is 3.39. The Bertz CT molecular complexity index is 482. The van der Waals surface area contributed by atoms with Crippen LogP contribution in [0.15, 0.2) is 18.2 Å². The Morgan fingerprint density at radius 1 is 1.45 bits per heavy atom. The van der Waals surface area contributed by atoms with Gasteiger partial charge in [-0.2, -0.15) is 0 Å². The van der Waals surface area contributed by atoms with Crippen molar-refractivity contribution in [3.8, 4) is 5.75 Å². The van der Waals surface area contributed by atoms with Gasteiger partial charge in [0.15, 0.2) is 6.61 Å². The largest absolute Gasteiger partial charge is 0.484 e. The fourth-order valence-corrected chi connectivity index (χ4v) is 2.48. The van der Waals surface area contributed by atoms with Crippen molar-refractivity contribution in [2.45, 2.75) is 19.4 Å². The standard InChI is InChI=1S/C14H18Cl2N2O2/c1-9-7-17-5-4-13(9)18-14(19)8-20-10-2-3-11(15)12(16)6-10/h2-3,6,9,13,17H,4-5,7-8H2,1H3,(H,18,19). The van der Waals surface area contributed by atoms with Gasteiger partial charge in [-0.05, 0) is 37.6 Å². The van der Waals surface area contributed by atoms with Crippen LogP contribution >= 0.6 is 23.2 Å². The lowest BCUT2D eigenvalue weighted by molar-refractivity contribution is -0.124. The number of ether oxygens (including phenoxy) is 1. The van der Waals surface area contributed by atoms with Gasteiger partial charge in [0.05, 0.1) is 10.0 Å². The van der Waals surface area contributed by atoms with Crippen molar-refractivity contribution >= 4 is 29.1 Å². The second kappa shape index (κ2) is 7.16. The molecule has 0 aromatic heterocycles. The van der Waals surface area contributed by atoms with Crippen LogP contribution in [0.25, 0.3) is 0 Å². The van der Waals surface area contributed by atoms with Crippen molar-refractivity contribution in [2.24, 2.45) is 5.92 Å². The van der Waals surface area contributed by atoms with Crippen molar-refractivity contribution in [1.29, 1.82) is 0 Å². The number of halogens is 2. The van der Waals surface area contributed by atoms with Crippen LogP contribution in [0.3, 0.4) is 0 Å². The summed E-state index contributed by atoms with van der Waals surface area (Å²) in [4.78, 5) is 11.9. The quantitative estimate of drug-likeness (QED) is 0.897. The zero-order valence-electron chi connectivity index (χ0n) is 11.3. The first-order valence-electron chi connectivity index (χ1n) is 6.64. The smallest absolute Gasteiger partial charge is 0.258 e. The lowest BCUT2D eigenvalue weighted by Crippen LogP contribution is -2.49. The van der Waals surface area contributed by atoms with E-state index in [4.69, 9.17) is 27.9 Å². The summed E-state index contributed by atoms with van der Waals surface area (Å²) in [7, 11) is 0. The molecule has 2 unspecified atom stereocenters. The van der Waals surface area contributed by atoms with Gasteiger partial charge >= 0.3 is 0 Å². The third-order valence-corrected chi connectivity index (χ3v) is 4.13. The molecule has 0 radical (unpaired) electrons. The van der Waals surface area contributed by atoms with E-state index in [0.29, 0.717) is 21.7 Å². The fraction of sp³-hybridized carbons (Fsp3) is 0.500. The molecule has 0 bridgehead atoms. The fourth-order valence-electron chi connectivity index (χ4n) is 2.19. The van der Waals surface area contributed by atoms with Crippen LogP contribution in [0.1, 0.15) is 13.3 Å². The van der Waals surface area contributed by atoms with Crippen molar-refractivity contribution < 1.29 is 9.53 Å². The Kier molecular flexibility index (Phi) is 5.52. The molecule has 6 heteroatoms. The van der Waals surface area contributed by atoms with Crippen LogP contribution in [0, 0.1) is 5.92 Å². The molecule has 2 rings (SSSR count). The minimum Gasteiger partial charge on any atom is -0.484 e. The van der Waals surface area contributed by atoms with Crippen LogP contribution < -0.4 is 15.4 Å². The molecule has 1 aliphatic heterocycles. The zero-order chi connectivity index (χ0) is 14.5. The minimum absolute atomic E-state index is 0.0192. The first-order valence-corrected chi connectivity index (χ1v) is 7.40. The maximum atomic E-state index is 11.9. The molecule has 20 heavy (non-hydrogen) atoms. The predicted octanol–water partition coefficient (Wildman–Crippen LogP) is 2.49. The Balaban J connectivity index is 1.81. The number of carbonyl (C=O) groups excluding carboxylic acids is 1. The molecular weight excluding hydrogens is 299 g/mol. The van der Waals surface area contributed by atoms with Gasteiger partial charge in [0.25, 0.3) is 5.91 Å². The first-order chi connectivity index (χ1) is 9.56. The molecule has 2 atom stereocenters. The van der Waals surface area contributed by atoms with Gasteiger partial charge in [0.1, 0.15) is 5.75 Å². The van der Waals surface area contributed by atoms with Crippen molar-refractivity contribution in [1.82, 2.24) is 10.6 Å². The van der Waals surface area contributed by atoms with Crippen LogP contribution in [0.2, 0.25) is 10.0 Å². The van der Waals surface area contributed by atoms with E-state index >= 15 is 0 Å². The highest BCUT2D eigenvalue weighted by Gasteiger charge is 2.22. The summed E-state index contributed by atoms with van der Waals surface area (Å²) in [5.74, 6) is 0.848. The van der Waals surface area contributed by atoms with E-state index in [1.165, 1.54) is 0 Å². The zero-order valence-corrected chi connectivity index (χ0v) is 12.8. The van der Waals surface area contributed by atoms with Gasteiger partial charge in [-0.1, -0.05) is 30.1 Å². The number of carbonyl (C=O) groups is 1. The summed E-state index contributed by atoms with van der Waals surface area (Å²) in [6, 6.07) is 5.14. The van der Waals surface area contributed by atoms with Crippen LogP contribution in [0.5, 0.6) is 5.75 Å². The molecule has 110 valence electrons. The monoisotopic (exact) mass is 316 g/mol. The molecule has 4 nitrogen and oxygen atoms in total. The van der Waals surface area contributed by atoms with E-state index in [-0.39, 0.29) is 18.6 Å². The van der Waals surface area contributed by atoms with Gasteiger partial charge < -0.3 is 15.4 Å². The molecule has 1 saturated heterocycles. The minimum atomic E-state index is -0.116. The highest BCUT2D eigenvalue weighted by molar-refractivity contribution is 6.42. The molecule has 0 saturated carbocycles. The lowest BCUT2D eigenvalue weighted by Gasteiger charge is -2.30. The topological polar surface area (TPSA) is 50.4 Å². The number of hydrogen-bond donors (Lipinski definition) is 2. The highest BCUT2D eigenvalue weighted by Crippen LogP contribution is 2.26. The first kappa shape index (κ1) is 15.4. The van der Waals surface area contributed by atoms with Gasteiger partial charge in [0.2, 0.25) is 0 Å². The second-order valence-electron chi connectivity index (χ2n) is 5.01. The number of hydrogen-bond acceptors (Lipinski definition) is 3. The van der Waals surface area contributed by atoms with E-state index in [1.54, 1.807) is 18.2 Å². The molecule has 1 heterocycles. The Morgan fingerprint density at radius 2 is 2.25 bits per heavy atom. The summed E-state index contributed by atoms with van der Waals surface area (Å²) in [5, 5.41) is 7.18. The van der Waals surface area contributed by atoms with Gasteiger partial charge in [-0.15, -0.1) is 0 Å².